The van der Waals surface area contributed by atoms with Crippen LogP contribution in [0.5, 0.6) is 0 Å². The highest BCUT2D eigenvalue weighted by Gasteiger charge is 2.24. The third kappa shape index (κ3) is 1.51. The first-order valence-electron chi connectivity index (χ1n) is 3.40. The fourth-order valence-corrected chi connectivity index (χ4v) is 0.899. The minimum atomic E-state index is -0.650. The van der Waals surface area contributed by atoms with Gasteiger partial charge in [0, 0.05) is 0 Å². The van der Waals surface area contributed by atoms with E-state index in [0.717, 1.165) is 0 Å². The van der Waals surface area contributed by atoms with Gasteiger partial charge in [0.25, 0.3) is 5.91 Å². The molecule has 0 saturated heterocycles. The number of aliphatic hydroxyl groups excluding tert-OH is 1. The maximum absolute atomic E-state index is 11.0. The van der Waals surface area contributed by atoms with Crippen molar-refractivity contribution in [1.82, 2.24) is 5.32 Å². The summed E-state index contributed by atoms with van der Waals surface area (Å²) >= 11 is 0. The first kappa shape index (κ1) is 8.07. The highest BCUT2D eigenvalue weighted by Crippen LogP contribution is 2.08. The molecule has 2 atom stereocenters. The molecule has 1 aliphatic heterocycles. The summed E-state index contributed by atoms with van der Waals surface area (Å²) in [5.74, 6) is -0.0964. The molecular weight excluding hydrogens is 146 g/mol. The van der Waals surface area contributed by atoms with Crippen molar-refractivity contribution in [3.63, 3.8) is 0 Å². The van der Waals surface area contributed by atoms with E-state index < -0.39 is 6.10 Å². The van der Waals surface area contributed by atoms with Crippen LogP contribution in [0.3, 0.4) is 0 Å². The van der Waals surface area contributed by atoms with Gasteiger partial charge in [0.15, 0.2) is 5.76 Å². The van der Waals surface area contributed by atoms with Crippen LogP contribution in [-0.2, 0) is 9.53 Å². The van der Waals surface area contributed by atoms with Gasteiger partial charge in [-0.1, -0.05) is 0 Å². The molecule has 0 aromatic rings. The molecule has 4 nitrogen and oxygen atoms in total. The van der Waals surface area contributed by atoms with Crippen molar-refractivity contribution in [2.75, 3.05) is 7.11 Å². The van der Waals surface area contributed by atoms with Crippen LogP contribution in [0, 0.1) is 0 Å². The molecular formula is C7H11NO3. The standard InChI is InChI=1S/C7H11NO3/c1-4-5(9)3-6(11-2)7(10)8-4/h3-5,9H,1-2H3,(H,8,10). The van der Waals surface area contributed by atoms with Crippen molar-refractivity contribution in [3.8, 4) is 0 Å². The largest absolute Gasteiger partial charge is 0.491 e. The number of hydrogen-bond acceptors (Lipinski definition) is 3. The summed E-state index contributed by atoms with van der Waals surface area (Å²) in [4.78, 5) is 11.0. The monoisotopic (exact) mass is 157 g/mol. The lowest BCUT2D eigenvalue weighted by molar-refractivity contribution is -0.122. The molecule has 11 heavy (non-hydrogen) atoms. The molecule has 2 unspecified atom stereocenters. The lowest BCUT2D eigenvalue weighted by Crippen LogP contribution is -2.45. The molecule has 0 bridgehead atoms. The fraction of sp³-hybridized carbons (Fsp3) is 0.571. The molecule has 0 aromatic carbocycles. The van der Waals surface area contributed by atoms with Gasteiger partial charge < -0.3 is 15.2 Å². The van der Waals surface area contributed by atoms with Crippen molar-refractivity contribution < 1.29 is 14.6 Å². The Hall–Kier alpha value is -1.03. The third-order valence-corrected chi connectivity index (χ3v) is 1.64. The van der Waals surface area contributed by atoms with Crippen molar-refractivity contribution in [1.29, 1.82) is 0 Å². The fourth-order valence-electron chi connectivity index (χ4n) is 0.899. The second kappa shape index (κ2) is 2.92. The molecule has 2 N–H and O–H groups in total. The predicted molar refractivity (Wildman–Crippen MR) is 38.7 cm³/mol. The van der Waals surface area contributed by atoms with E-state index in [-0.39, 0.29) is 17.7 Å². The van der Waals surface area contributed by atoms with Crippen LogP contribution < -0.4 is 5.32 Å². The molecule has 4 heteroatoms. The maximum Gasteiger partial charge on any atom is 0.286 e. The average Bonchev–Trinajstić information content (AvgIpc) is 1.97. The molecule has 1 heterocycles. The molecule has 0 radical (unpaired) electrons. The van der Waals surface area contributed by atoms with Crippen molar-refractivity contribution in [2.45, 2.75) is 19.1 Å². The summed E-state index contributed by atoms with van der Waals surface area (Å²) in [5.41, 5.74) is 0. The van der Waals surface area contributed by atoms with Gasteiger partial charge in [0.05, 0.1) is 19.3 Å². The number of rotatable bonds is 1. The quantitative estimate of drug-likeness (QED) is 0.534. The van der Waals surface area contributed by atoms with Crippen LogP contribution in [0.25, 0.3) is 0 Å². The van der Waals surface area contributed by atoms with Gasteiger partial charge in [-0.15, -0.1) is 0 Å². The number of carbonyl (C=O) groups is 1. The lowest BCUT2D eigenvalue weighted by atomic mass is 10.1. The summed E-state index contributed by atoms with van der Waals surface area (Å²) in [6.07, 6.45) is 0.756. The van der Waals surface area contributed by atoms with E-state index in [9.17, 15) is 9.90 Å². The zero-order valence-corrected chi connectivity index (χ0v) is 6.50. The highest BCUT2D eigenvalue weighted by molar-refractivity contribution is 5.92. The smallest absolute Gasteiger partial charge is 0.286 e. The summed E-state index contributed by atoms with van der Waals surface area (Å²) in [6, 6.07) is -0.235. The summed E-state index contributed by atoms with van der Waals surface area (Å²) in [5, 5.41) is 11.8. The number of amides is 1. The molecule has 0 aromatic heterocycles. The van der Waals surface area contributed by atoms with E-state index in [4.69, 9.17) is 4.74 Å². The zero-order chi connectivity index (χ0) is 8.43. The van der Waals surface area contributed by atoms with E-state index in [2.05, 4.69) is 5.32 Å². The second-order valence-corrected chi connectivity index (χ2v) is 2.49. The Labute approximate surface area is 64.9 Å². The second-order valence-electron chi connectivity index (χ2n) is 2.49. The summed E-state index contributed by atoms with van der Waals surface area (Å²) < 4.78 is 4.71. The Morgan fingerprint density at radius 3 is 2.91 bits per heavy atom. The van der Waals surface area contributed by atoms with Crippen LogP contribution in [-0.4, -0.2) is 30.3 Å². The van der Waals surface area contributed by atoms with Crippen LogP contribution in [0.1, 0.15) is 6.92 Å². The first-order valence-corrected chi connectivity index (χ1v) is 3.40. The van der Waals surface area contributed by atoms with E-state index in [1.54, 1.807) is 6.92 Å². The summed E-state index contributed by atoms with van der Waals surface area (Å²) in [7, 11) is 1.40. The van der Waals surface area contributed by atoms with Crippen LogP contribution in [0.4, 0.5) is 0 Å². The van der Waals surface area contributed by atoms with Gasteiger partial charge in [-0.25, -0.2) is 0 Å². The predicted octanol–water partition coefficient (Wildman–Crippen LogP) is -0.604. The SMILES string of the molecule is COC1=CC(O)C(C)NC1=O. The van der Waals surface area contributed by atoms with E-state index in [0.29, 0.717) is 0 Å². The lowest BCUT2D eigenvalue weighted by Gasteiger charge is -2.23. The number of ether oxygens (including phenoxy) is 1. The normalized spacial score (nSPS) is 30.8. The number of aliphatic hydroxyl groups is 1. The minimum absolute atomic E-state index is 0.176. The topological polar surface area (TPSA) is 58.6 Å². The van der Waals surface area contributed by atoms with Gasteiger partial charge in [0.2, 0.25) is 0 Å². The molecule has 0 aliphatic carbocycles. The molecule has 0 fully saturated rings. The molecule has 0 saturated carbocycles. The van der Waals surface area contributed by atoms with Crippen molar-refractivity contribution in [3.05, 3.63) is 11.8 Å². The number of methoxy groups -OCH3 is 1. The Morgan fingerprint density at radius 2 is 2.36 bits per heavy atom. The van der Waals surface area contributed by atoms with Gasteiger partial charge in [0.1, 0.15) is 0 Å². The van der Waals surface area contributed by atoms with Gasteiger partial charge in [-0.05, 0) is 13.0 Å². The summed E-state index contributed by atoms with van der Waals surface area (Å²) in [6.45, 7) is 1.73. The van der Waals surface area contributed by atoms with Gasteiger partial charge >= 0.3 is 0 Å². The van der Waals surface area contributed by atoms with E-state index in [1.807, 2.05) is 0 Å². The zero-order valence-electron chi connectivity index (χ0n) is 6.50. The van der Waals surface area contributed by atoms with Gasteiger partial charge in [-0.3, -0.25) is 4.79 Å². The van der Waals surface area contributed by atoms with Crippen LogP contribution in [0.2, 0.25) is 0 Å². The molecule has 1 amide bonds. The Balaban J connectivity index is 2.79. The first-order chi connectivity index (χ1) is 5.15. The van der Waals surface area contributed by atoms with E-state index in [1.165, 1.54) is 13.2 Å². The number of nitrogens with one attached hydrogen (secondary N) is 1. The molecule has 62 valence electrons. The van der Waals surface area contributed by atoms with Crippen molar-refractivity contribution >= 4 is 5.91 Å². The third-order valence-electron chi connectivity index (χ3n) is 1.64. The molecule has 1 rings (SSSR count). The van der Waals surface area contributed by atoms with E-state index >= 15 is 0 Å². The van der Waals surface area contributed by atoms with Crippen molar-refractivity contribution in [2.24, 2.45) is 0 Å². The Bertz CT molecular complexity index is 200. The number of hydrogen-bond donors (Lipinski definition) is 2. The minimum Gasteiger partial charge on any atom is -0.491 e. The Kier molecular flexibility index (Phi) is 2.14. The molecule has 0 spiro atoms. The van der Waals surface area contributed by atoms with Crippen LogP contribution in [0.15, 0.2) is 11.8 Å². The highest BCUT2D eigenvalue weighted by atomic mass is 16.5. The van der Waals surface area contributed by atoms with Crippen LogP contribution >= 0.6 is 0 Å². The maximum atomic E-state index is 11.0. The Morgan fingerprint density at radius 1 is 1.73 bits per heavy atom. The average molecular weight is 157 g/mol. The number of carbonyl (C=O) groups excluding carboxylic acids is 1. The molecule has 1 aliphatic rings. The van der Waals surface area contributed by atoms with Gasteiger partial charge in [-0.2, -0.15) is 0 Å².